The van der Waals surface area contributed by atoms with E-state index in [0.717, 1.165) is 12.4 Å². The molecule has 0 unspecified atom stereocenters. The maximum Gasteiger partial charge on any atom is 0.418 e. The van der Waals surface area contributed by atoms with Crippen LogP contribution in [0.4, 0.5) is 13.2 Å². The molecule has 1 rings (SSSR count). The summed E-state index contributed by atoms with van der Waals surface area (Å²) >= 11 is 0. The number of carboxylic acid groups (broad SMARTS) is 1. The second kappa shape index (κ2) is 5.24. The Labute approximate surface area is 108 Å². The van der Waals surface area contributed by atoms with Crippen LogP contribution in [0, 0.1) is 0 Å². The number of carboxylic acids is 1. The van der Waals surface area contributed by atoms with Crippen LogP contribution < -0.4 is 0 Å². The molecule has 108 valence electrons. The van der Waals surface area contributed by atoms with Crippen molar-refractivity contribution in [1.82, 2.24) is 4.57 Å². The van der Waals surface area contributed by atoms with Crippen molar-refractivity contribution in [2.75, 3.05) is 6.61 Å². The van der Waals surface area contributed by atoms with Gasteiger partial charge in [0.2, 0.25) is 0 Å². The van der Waals surface area contributed by atoms with E-state index in [-0.39, 0.29) is 13.2 Å². The fourth-order valence-electron chi connectivity index (χ4n) is 1.49. The van der Waals surface area contributed by atoms with E-state index in [0.29, 0.717) is 0 Å². The van der Waals surface area contributed by atoms with Gasteiger partial charge in [-0.05, 0) is 20.8 Å². The van der Waals surface area contributed by atoms with Gasteiger partial charge in [0.15, 0.2) is 0 Å². The molecule has 1 aromatic heterocycles. The monoisotopic (exact) mass is 279 g/mol. The molecule has 0 radical (unpaired) electrons. The fraction of sp³-hybridized carbons (Fsp3) is 0.583. The number of halogens is 3. The summed E-state index contributed by atoms with van der Waals surface area (Å²) in [5.41, 5.74) is -2.28. The number of ether oxygens (including phenoxy) is 1. The highest BCUT2D eigenvalue weighted by Gasteiger charge is 2.36. The van der Waals surface area contributed by atoms with Crippen LogP contribution in [0.25, 0.3) is 0 Å². The first kappa shape index (κ1) is 15.6. The summed E-state index contributed by atoms with van der Waals surface area (Å²) in [7, 11) is 0. The number of aromatic nitrogens is 1. The third-order valence-corrected chi connectivity index (χ3v) is 2.30. The largest absolute Gasteiger partial charge is 0.478 e. The zero-order chi connectivity index (χ0) is 14.8. The molecule has 0 spiro atoms. The van der Waals surface area contributed by atoms with E-state index in [1.54, 1.807) is 0 Å². The Morgan fingerprint density at radius 1 is 1.32 bits per heavy atom. The maximum atomic E-state index is 12.6. The van der Waals surface area contributed by atoms with Crippen LogP contribution in [0.3, 0.4) is 0 Å². The minimum atomic E-state index is -4.68. The lowest BCUT2D eigenvalue weighted by molar-refractivity contribution is -0.138. The van der Waals surface area contributed by atoms with Gasteiger partial charge < -0.3 is 14.4 Å². The molecular formula is C12H16F3NO3. The van der Waals surface area contributed by atoms with Crippen molar-refractivity contribution < 1.29 is 27.8 Å². The molecule has 19 heavy (non-hydrogen) atoms. The van der Waals surface area contributed by atoms with Crippen LogP contribution in [0.1, 0.15) is 36.7 Å². The van der Waals surface area contributed by atoms with E-state index in [1.807, 2.05) is 20.8 Å². The van der Waals surface area contributed by atoms with Gasteiger partial charge in [-0.25, -0.2) is 4.79 Å². The van der Waals surface area contributed by atoms with Crippen LogP contribution in [0.15, 0.2) is 12.4 Å². The van der Waals surface area contributed by atoms with Crippen LogP contribution in [0.5, 0.6) is 0 Å². The maximum absolute atomic E-state index is 12.6. The molecule has 7 heteroatoms. The minimum Gasteiger partial charge on any atom is -0.478 e. The summed E-state index contributed by atoms with van der Waals surface area (Å²) in [6.07, 6.45) is -2.92. The summed E-state index contributed by atoms with van der Waals surface area (Å²) in [5.74, 6) is -1.59. The first-order valence-electron chi connectivity index (χ1n) is 5.65. The molecule has 0 bridgehead atoms. The predicted octanol–water partition coefficient (Wildman–Crippen LogP) is 3.02. The Balaban J connectivity index is 2.85. The van der Waals surface area contributed by atoms with E-state index in [1.165, 1.54) is 4.57 Å². The number of carbonyl (C=O) groups is 1. The van der Waals surface area contributed by atoms with E-state index in [4.69, 9.17) is 9.84 Å². The first-order valence-corrected chi connectivity index (χ1v) is 5.65. The quantitative estimate of drug-likeness (QED) is 0.921. The molecule has 0 saturated heterocycles. The Morgan fingerprint density at radius 2 is 1.89 bits per heavy atom. The molecule has 0 amide bonds. The van der Waals surface area contributed by atoms with Gasteiger partial charge in [-0.2, -0.15) is 13.2 Å². The Bertz CT molecular complexity index is 458. The van der Waals surface area contributed by atoms with Gasteiger partial charge >= 0.3 is 12.1 Å². The SMILES string of the molecule is CC(C)(C)OCCn1cc(C(=O)O)c(C(F)(F)F)c1. The van der Waals surface area contributed by atoms with Crippen molar-refractivity contribution in [2.24, 2.45) is 0 Å². The average molecular weight is 279 g/mol. The minimum absolute atomic E-state index is 0.160. The molecule has 1 aromatic rings. The lowest BCUT2D eigenvalue weighted by Gasteiger charge is -2.19. The van der Waals surface area contributed by atoms with Crippen LogP contribution in [-0.4, -0.2) is 27.9 Å². The number of nitrogens with zero attached hydrogens (tertiary/aromatic N) is 1. The van der Waals surface area contributed by atoms with Crippen molar-refractivity contribution in [3.63, 3.8) is 0 Å². The van der Waals surface area contributed by atoms with E-state index < -0.39 is 28.9 Å². The highest BCUT2D eigenvalue weighted by atomic mass is 19.4. The lowest BCUT2D eigenvalue weighted by atomic mass is 10.2. The van der Waals surface area contributed by atoms with Gasteiger partial charge in [-0.15, -0.1) is 0 Å². The second-order valence-electron chi connectivity index (χ2n) is 5.09. The zero-order valence-electron chi connectivity index (χ0n) is 10.9. The summed E-state index contributed by atoms with van der Waals surface area (Å²) < 4.78 is 44.4. The first-order chi connectivity index (χ1) is 8.50. The van der Waals surface area contributed by atoms with Gasteiger partial charge in [-0.1, -0.05) is 0 Å². The van der Waals surface area contributed by atoms with Crippen molar-refractivity contribution >= 4 is 5.97 Å². The molecule has 0 aliphatic heterocycles. The molecule has 1 N–H and O–H groups in total. The number of aromatic carboxylic acids is 1. The second-order valence-corrected chi connectivity index (χ2v) is 5.09. The van der Waals surface area contributed by atoms with Crippen LogP contribution in [-0.2, 0) is 17.5 Å². The standard InChI is InChI=1S/C12H16F3NO3/c1-11(2,3)19-5-4-16-6-8(10(17)18)9(7-16)12(13,14)15/h6-7H,4-5H2,1-3H3,(H,17,18). The Morgan fingerprint density at radius 3 is 2.26 bits per heavy atom. The third-order valence-electron chi connectivity index (χ3n) is 2.30. The van der Waals surface area contributed by atoms with Crippen LogP contribution in [0.2, 0.25) is 0 Å². The summed E-state index contributed by atoms with van der Waals surface area (Å²) in [6.45, 7) is 5.84. The topological polar surface area (TPSA) is 51.5 Å². The normalized spacial score (nSPS) is 12.7. The average Bonchev–Trinajstić information content (AvgIpc) is 2.59. The molecular weight excluding hydrogens is 263 g/mol. The van der Waals surface area contributed by atoms with Gasteiger partial charge in [0.05, 0.1) is 23.3 Å². The molecule has 0 saturated carbocycles. The zero-order valence-corrected chi connectivity index (χ0v) is 10.9. The highest BCUT2D eigenvalue weighted by Crippen LogP contribution is 2.32. The molecule has 0 aliphatic rings. The van der Waals surface area contributed by atoms with Gasteiger partial charge in [0.1, 0.15) is 0 Å². The molecule has 0 fully saturated rings. The number of alkyl halides is 3. The van der Waals surface area contributed by atoms with Gasteiger partial charge in [0, 0.05) is 18.9 Å². The predicted molar refractivity (Wildman–Crippen MR) is 62.1 cm³/mol. The Kier molecular flexibility index (Phi) is 4.29. The van der Waals surface area contributed by atoms with E-state index >= 15 is 0 Å². The lowest BCUT2D eigenvalue weighted by Crippen LogP contribution is -2.21. The number of rotatable bonds is 4. The third kappa shape index (κ3) is 4.59. The van der Waals surface area contributed by atoms with E-state index in [2.05, 4.69) is 0 Å². The summed E-state index contributed by atoms with van der Waals surface area (Å²) in [4.78, 5) is 10.8. The smallest absolute Gasteiger partial charge is 0.418 e. The number of hydrogen-bond donors (Lipinski definition) is 1. The Hall–Kier alpha value is -1.50. The summed E-state index contributed by atoms with van der Waals surface area (Å²) in [5, 5.41) is 8.75. The van der Waals surface area contributed by atoms with Crippen molar-refractivity contribution in [2.45, 2.75) is 39.1 Å². The summed E-state index contributed by atoms with van der Waals surface area (Å²) in [6, 6.07) is 0. The van der Waals surface area contributed by atoms with Gasteiger partial charge in [0.25, 0.3) is 0 Å². The van der Waals surface area contributed by atoms with Crippen molar-refractivity contribution in [1.29, 1.82) is 0 Å². The van der Waals surface area contributed by atoms with Crippen molar-refractivity contribution in [3.05, 3.63) is 23.5 Å². The van der Waals surface area contributed by atoms with Crippen LogP contribution >= 0.6 is 0 Å². The molecule has 0 aromatic carbocycles. The van der Waals surface area contributed by atoms with E-state index in [9.17, 15) is 18.0 Å². The molecule has 4 nitrogen and oxygen atoms in total. The molecule has 0 atom stereocenters. The molecule has 0 aliphatic carbocycles. The van der Waals surface area contributed by atoms with Gasteiger partial charge in [-0.3, -0.25) is 0 Å². The highest BCUT2D eigenvalue weighted by molar-refractivity contribution is 5.89. The molecule has 1 heterocycles. The number of hydrogen-bond acceptors (Lipinski definition) is 2. The fourth-order valence-corrected chi connectivity index (χ4v) is 1.49. The van der Waals surface area contributed by atoms with Crippen molar-refractivity contribution in [3.8, 4) is 0 Å².